The summed E-state index contributed by atoms with van der Waals surface area (Å²) in [5, 5.41) is 20.8. The molecule has 0 unspecified atom stereocenters. The molecule has 0 saturated carbocycles. The molecule has 33 heavy (non-hydrogen) atoms. The highest BCUT2D eigenvalue weighted by atomic mass is 16.5. The molecular weight excluding hydrogens is 420 g/mol. The van der Waals surface area contributed by atoms with Crippen LogP contribution in [0.25, 0.3) is 0 Å². The Hall–Kier alpha value is -2.76. The minimum atomic E-state index is -0.695. The summed E-state index contributed by atoms with van der Waals surface area (Å²) in [5.74, 6) is 2.41. The Bertz CT molecular complexity index is 761. The van der Waals surface area contributed by atoms with Gasteiger partial charge in [0.1, 0.15) is 34.5 Å². The van der Waals surface area contributed by atoms with E-state index in [0.717, 1.165) is 36.8 Å². The summed E-state index contributed by atoms with van der Waals surface area (Å²) in [5.41, 5.74) is 0.908. The van der Waals surface area contributed by atoms with Crippen molar-refractivity contribution in [3.05, 3.63) is 35.4 Å². The van der Waals surface area contributed by atoms with Crippen molar-refractivity contribution in [2.45, 2.75) is 72.6 Å². The highest BCUT2D eigenvalue weighted by molar-refractivity contribution is 5.63. The summed E-state index contributed by atoms with van der Waals surface area (Å²) in [6, 6.07) is 6.52. The second-order valence-electron chi connectivity index (χ2n) is 8.65. The first-order chi connectivity index (χ1) is 15.8. The second-order valence-corrected chi connectivity index (χ2v) is 8.65. The standard InChI is InChI=1S/C27H40O6/c1-7-11-30-21-15-19(28)16-22(31-12-8-2)25(21)27(5,6)26-23(32-13-9-3)17-20(29)18-24(26)33-14-10-4/h15-18,28-29H,7-14H2,1-6H3. The van der Waals surface area contributed by atoms with Gasteiger partial charge in [-0.05, 0) is 25.7 Å². The first kappa shape index (κ1) is 26.5. The molecule has 6 nitrogen and oxygen atoms in total. The van der Waals surface area contributed by atoms with Crippen LogP contribution in [0, 0.1) is 0 Å². The molecule has 0 aliphatic heterocycles. The SMILES string of the molecule is CCCOc1cc(O)cc(OCCC)c1C(C)(C)c1c(OCCC)cc(O)cc1OCCC. The normalized spacial score (nSPS) is 11.3. The van der Waals surface area contributed by atoms with Crippen LogP contribution in [0.15, 0.2) is 24.3 Å². The fourth-order valence-corrected chi connectivity index (χ4v) is 3.81. The molecule has 0 aliphatic rings. The van der Waals surface area contributed by atoms with Gasteiger partial charge in [0.2, 0.25) is 0 Å². The van der Waals surface area contributed by atoms with Crippen LogP contribution >= 0.6 is 0 Å². The van der Waals surface area contributed by atoms with Gasteiger partial charge in [-0.2, -0.15) is 0 Å². The maximum atomic E-state index is 10.4. The molecule has 0 fully saturated rings. The summed E-state index contributed by atoms with van der Waals surface area (Å²) < 4.78 is 24.4. The lowest BCUT2D eigenvalue weighted by atomic mass is 9.76. The second kappa shape index (κ2) is 12.5. The van der Waals surface area contributed by atoms with Gasteiger partial charge in [-0.3, -0.25) is 0 Å². The number of hydrogen-bond donors (Lipinski definition) is 2. The Morgan fingerprint density at radius 2 is 0.788 bits per heavy atom. The van der Waals surface area contributed by atoms with E-state index in [1.54, 1.807) is 24.3 Å². The van der Waals surface area contributed by atoms with Gasteiger partial charge < -0.3 is 29.2 Å². The molecule has 2 aromatic carbocycles. The van der Waals surface area contributed by atoms with Crippen LogP contribution in [0.1, 0.15) is 78.4 Å². The summed E-state index contributed by atoms with van der Waals surface area (Å²) in [6.45, 7) is 14.3. The van der Waals surface area contributed by atoms with Crippen LogP contribution in [0.3, 0.4) is 0 Å². The molecule has 0 aromatic heterocycles. The lowest BCUT2D eigenvalue weighted by Gasteiger charge is -2.33. The van der Waals surface area contributed by atoms with E-state index >= 15 is 0 Å². The smallest absolute Gasteiger partial charge is 0.130 e. The van der Waals surface area contributed by atoms with E-state index in [-0.39, 0.29) is 11.5 Å². The van der Waals surface area contributed by atoms with Crippen LogP contribution in [0.5, 0.6) is 34.5 Å². The molecule has 0 heterocycles. The quantitative estimate of drug-likeness (QED) is 0.332. The summed E-state index contributed by atoms with van der Waals surface area (Å²) in [4.78, 5) is 0. The summed E-state index contributed by atoms with van der Waals surface area (Å²) in [7, 11) is 0. The van der Waals surface area contributed by atoms with Crippen molar-refractivity contribution in [3.63, 3.8) is 0 Å². The number of phenols is 2. The molecule has 6 heteroatoms. The third kappa shape index (κ3) is 6.62. The highest BCUT2D eigenvalue weighted by Crippen LogP contribution is 2.51. The zero-order valence-electron chi connectivity index (χ0n) is 21.0. The zero-order chi connectivity index (χ0) is 24.4. The number of aromatic hydroxyl groups is 2. The van der Waals surface area contributed by atoms with Gasteiger partial charge >= 0.3 is 0 Å². The van der Waals surface area contributed by atoms with Crippen molar-refractivity contribution in [2.75, 3.05) is 26.4 Å². The van der Waals surface area contributed by atoms with E-state index in [4.69, 9.17) is 18.9 Å². The molecule has 2 rings (SSSR count). The maximum Gasteiger partial charge on any atom is 0.130 e. The van der Waals surface area contributed by atoms with Crippen LogP contribution in [0.2, 0.25) is 0 Å². The molecular formula is C27H40O6. The molecule has 2 aromatic rings. The van der Waals surface area contributed by atoms with Crippen molar-refractivity contribution in [3.8, 4) is 34.5 Å². The fraction of sp³-hybridized carbons (Fsp3) is 0.556. The predicted molar refractivity (Wildman–Crippen MR) is 131 cm³/mol. The van der Waals surface area contributed by atoms with E-state index < -0.39 is 5.41 Å². The van der Waals surface area contributed by atoms with E-state index in [9.17, 15) is 10.2 Å². The minimum Gasteiger partial charge on any atom is -0.508 e. The van der Waals surface area contributed by atoms with Crippen LogP contribution in [-0.2, 0) is 5.41 Å². The molecule has 0 radical (unpaired) electrons. The molecule has 0 spiro atoms. The van der Waals surface area contributed by atoms with Gasteiger partial charge in [0.25, 0.3) is 0 Å². The zero-order valence-corrected chi connectivity index (χ0v) is 21.0. The van der Waals surface area contributed by atoms with Crippen LogP contribution in [-0.4, -0.2) is 36.6 Å². The monoisotopic (exact) mass is 460 g/mol. The Kier molecular flexibility index (Phi) is 10.0. The van der Waals surface area contributed by atoms with Gasteiger partial charge in [-0.25, -0.2) is 0 Å². The van der Waals surface area contributed by atoms with Crippen molar-refractivity contribution in [2.24, 2.45) is 0 Å². The van der Waals surface area contributed by atoms with Crippen molar-refractivity contribution in [1.29, 1.82) is 0 Å². The summed E-state index contributed by atoms with van der Waals surface area (Å²) in [6.07, 6.45) is 3.32. The fourth-order valence-electron chi connectivity index (χ4n) is 3.81. The molecule has 0 atom stereocenters. The Labute approximate surface area is 198 Å². The number of hydrogen-bond acceptors (Lipinski definition) is 6. The predicted octanol–water partition coefficient (Wildman–Crippen LogP) is 6.58. The van der Waals surface area contributed by atoms with E-state index in [2.05, 4.69) is 13.8 Å². The average Bonchev–Trinajstić information content (AvgIpc) is 2.77. The van der Waals surface area contributed by atoms with Gasteiger partial charge in [-0.15, -0.1) is 0 Å². The van der Waals surface area contributed by atoms with E-state index in [1.807, 2.05) is 27.7 Å². The molecule has 2 N–H and O–H groups in total. The first-order valence-electron chi connectivity index (χ1n) is 12.1. The lowest BCUT2D eigenvalue weighted by Crippen LogP contribution is -2.24. The minimum absolute atomic E-state index is 0.0855. The van der Waals surface area contributed by atoms with Crippen molar-refractivity contribution >= 4 is 0 Å². The molecule has 0 saturated heterocycles. The number of phenolic OH excluding ortho intramolecular Hbond substituents is 2. The first-order valence-corrected chi connectivity index (χ1v) is 12.1. The molecule has 0 bridgehead atoms. The summed E-state index contributed by atoms with van der Waals surface area (Å²) >= 11 is 0. The van der Waals surface area contributed by atoms with Gasteiger partial charge in [0, 0.05) is 40.8 Å². The number of benzene rings is 2. The van der Waals surface area contributed by atoms with Gasteiger partial charge in [0.05, 0.1) is 26.4 Å². The largest absolute Gasteiger partial charge is 0.508 e. The highest BCUT2D eigenvalue weighted by Gasteiger charge is 2.37. The number of rotatable bonds is 14. The Morgan fingerprint density at radius 3 is 1.00 bits per heavy atom. The third-order valence-electron chi connectivity index (χ3n) is 5.20. The maximum absolute atomic E-state index is 10.4. The number of ether oxygens (including phenoxy) is 4. The molecule has 0 amide bonds. The van der Waals surface area contributed by atoms with E-state index in [0.29, 0.717) is 49.4 Å². The Morgan fingerprint density at radius 1 is 0.545 bits per heavy atom. The van der Waals surface area contributed by atoms with Crippen LogP contribution in [0.4, 0.5) is 0 Å². The van der Waals surface area contributed by atoms with Gasteiger partial charge in [-0.1, -0.05) is 41.5 Å². The third-order valence-corrected chi connectivity index (χ3v) is 5.20. The molecule has 184 valence electrons. The van der Waals surface area contributed by atoms with Crippen molar-refractivity contribution < 1.29 is 29.2 Å². The van der Waals surface area contributed by atoms with Gasteiger partial charge in [0.15, 0.2) is 0 Å². The van der Waals surface area contributed by atoms with Crippen LogP contribution < -0.4 is 18.9 Å². The lowest BCUT2D eigenvalue weighted by molar-refractivity contribution is 0.273. The molecule has 0 aliphatic carbocycles. The van der Waals surface area contributed by atoms with Crippen molar-refractivity contribution in [1.82, 2.24) is 0 Å². The topological polar surface area (TPSA) is 77.4 Å². The van der Waals surface area contributed by atoms with E-state index in [1.165, 1.54) is 0 Å². The Balaban J connectivity index is 2.80. The average molecular weight is 461 g/mol.